The third-order valence-corrected chi connectivity index (χ3v) is 13.2. The molecule has 4 aliphatic rings. The predicted octanol–water partition coefficient (Wildman–Crippen LogP) is 2.79. The quantitative estimate of drug-likeness (QED) is 0.171. The monoisotopic (exact) mass is 737 g/mol. The van der Waals surface area contributed by atoms with E-state index in [4.69, 9.17) is 18.9 Å². The van der Waals surface area contributed by atoms with Crippen LogP contribution in [0.2, 0.25) is 0 Å². The van der Waals surface area contributed by atoms with Crippen molar-refractivity contribution in [1.82, 2.24) is 0 Å². The lowest BCUT2D eigenvalue weighted by Gasteiger charge is -2.39. The molecule has 2 atom stereocenters. The van der Waals surface area contributed by atoms with Gasteiger partial charge in [0.25, 0.3) is 0 Å². The Kier molecular flexibility index (Phi) is 15.0. The summed E-state index contributed by atoms with van der Waals surface area (Å²) >= 11 is 0. The Morgan fingerprint density at radius 2 is 0.712 bits per heavy atom. The maximum absolute atomic E-state index is 14.5. The first kappa shape index (κ1) is 42.5. The number of quaternary nitrogens is 3. The molecule has 0 aromatic rings. The SMILES string of the molecule is CC(C)(OC(=O)CC(C(=O)OC(C)(C)C1CC[NH2+]CC1)C(CC(=O)OC(C)(C)C1CC[NH2+]CC1)C(=O)OC(C)(C)C1CC[NH2+]CC1)C1CCCCC1. The Hall–Kier alpha value is -2.24. The number of hydrogen-bond donors (Lipinski definition) is 3. The molecular formula is C41H74N3O8+3. The van der Waals surface area contributed by atoms with Gasteiger partial charge in [0.1, 0.15) is 22.4 Å². The lowest BCUT2D eigenvalue weighted by molar-refractivity contribution is -0.666. The molecule has 1 saturated carbocycles. The number of carbonyl (C=O) groups excluding carboxylic acids is 4. The van der Waals surface area contributed by atoms with Gasteiger partial charge in [0.05, 0.1) is 63.9 Å². The van der Waals surface area contributed by atoms with Gasteiger partial charge in [-0.2, -0.15) is 0 Å². The highest BCUT2D eigenvalue weighted by Gasteiger charge is 2.47. The summed E-state index contributed by atoms with van der Waals surface area (Å²) in [7, 11) is 0. The fourth-order valence-electron chi connectivity index (χ4n) is 9.48. The zero-order valence-corrected chi connectivity index (χ0v) is 33.9. The molecule has 0 spiro atoms. The highest BCUT2D eigenvalue weighted by molar-refractivity contribution is 5.89. The lowest BCUT2D eigenvalue weighted by atomic mass is 9.78. The molecule has 0 aromatic heterocycles. The van der Waals surface area contributed by atoms with Gasteiger partial charge in [0.2, 0.25) is 0 Å². The number of nitrogens with two attached hydrogens (primary N) is 3. The molecule has 3 aliphatic heterocycles. The molecule has 6 N–H and O–H groups in total. The van der Waals surface area contributed by atoms with Gasteiger partial charge in [0.15, 0.2) is 0 Å². The van der Waals surface area contributed by atoms with Crippen molar-refractivity contribution >= 4 is 23.9 Å². The van der Waals surface area contributed by atoms with Gasteiger partial charge in [-0.1, -0.05) is 19.3 Å². The van der Waals surface area contributed by atoms with E-state index in [0.717, 1.165) is 103 Å². The molecular weight excluding hydrogens is 662 g/mol. The van der Waals surface area contributed by atoms with Crippen LogP contribution in [0.25, 0.3) is 0 Å². The van der Waals surface area contributed by atoms with E-state index >= 15 is 0 Å². The topological polar surface area (TPSA) is 155 Å². The second kappa shape index (κ2) is 18.4. The Labute approximate surface area is 313 Å². The van der Waals surface area contributed by atoms with Crippen LogP contribution in [0.4, 0.5) is 0 Å². The van der Waals surface area contributed by atoms with E-state index in [1.807, 2.05) is 55.4 Å². The predicted molar refractivity (Wildman–Crippen MR) is 197 cm³/mol. The minimum atomic E-state index is -1.29. The van der Waals surface area contributed by atoms with E-state index in [9.17, 15) is 19.2 Å². The molecule has 0 radical (unpaired) electrons. The molecule has 3 heterocycles. The summed E-state index contributed by atoms with van der Waals surface area (Å²) in [4.78, 5) is 57.0. The standard InChI is InChI=1S/C41H71N3O8/c1-38(2,28-12-10-9-11-13-28)49-34(45)26-32(36(47)51-40(5,6)30-16-22-43-23-17-30)33(37(48)52-41(7,8)31-18-24-44-25-19-31)27-35(46)50-39(3,4)29-14-20-42-21-15-29/h28-33,42-44H,9-27H2,1-8H3/p+3. The largest absolute Gasteiger partial charge is 0.459 e. The Bertz CT molecular complexity index is 1100. The summed E-state index contributed by atoms with van der Waals surface area (Å²) in [5, 5.41) is 6.79. The fourth-order valence-corrected chi connectivity index (χ4v) is 9.48. The summed E-state index contributed by atoms with van der Waals surface area (Å²) in [6, 6.07) is 0. The van der Waals surface area contributed by atoms with E-state index < -0.39 is 71.0 Å². The van der Waals surface area contributed by atoms with Crippen molar-refractivity contribution in [1.29, 1.82) is 0 Å². The second-order valence-corrected chi connectivity index (χ2v) is 18.6. The van der Waals surface area contributed by atoms with E-state index in [-0.39, 0.29) is 23.7 Å². The second-order valence-electron chi connectivity index (χ2n) is 18.6. The average Bonchev–Trinajstić information content (AvgIpc) is 3.10. The minimum absolute atomic E-state index is 0.129. The van der Waals surface area contributed by atoms with E-state index in [1.165, 1.54) is 6.42 Å². The van der Waals surface area contributed by atoms with Gasteiger partial charge in [-0.25, -0.2) is 0 Å². The normalized spacial score (nSPS) is 22.2. The third-order valence-electron chi connectivity index (χ3n) is 13.2. The molecule has 4 fully saturated rings. The summed E-state index contributed by atoms with van der Waals surface area (Å²) in [6.45, 7) is 21.1. The summed E-state index contributed by atoms with van der Waals surface area (Å²) in [6.07, 6.45) is 9.92. The molecule has 52 heavy (non-hydrogen) atoms. The van der Waals surface area contributed by atoms with Crippen molar-refractivity contribution in [2.24, 2.45) is 35.5 Å². The Balaban J connectivity index is 1.64. The van der Waals surface area contributed by atoms with Crippen molar-refractivity contribution in [3.8, 4) is 0 Å². The first-order valence-electron chi connectivity index (χ1n) is 20.8. The van der Waals surface area contributed by atoms with Crippen molar-refractivity contribution in [3.63, 3.8) is 0 Å². The number of carbonyl (C=O) groups is 4. The van der Waals surface area contributed by atoms with Crippen LogP contribution in [0.1, 0.15) is 139 Å². The van der Waals surface area contributed by atoms with Gasteiger partial charge in [0, 0.05) is 56.3 Å². The molecule has 1 aliphatic carbocycles. The highest BCUT2D eigenvalue weighted by Crippen LogP contribution is 2.38. The molecule has 11 heteroatoms. The number of piperidine rings is 3. The summed E-state index contributed by atoms with van der Waals surface area (Å²) in [5.74, 6) is -4.42. The molecule has 3 saturated heterocycles. The maximum atomic E-state index is 14.5. The van der Waals surface area contributed by atoms with E-state index in [1.54, 1.807) is 0 Å². The van der Waals surface area contributed by atoms with Crippen molar-refractivity contribution < 1.29 is 54.1 Å². The summed E-state index contributed by atoms with van der Waals surface area (Å²) < 4.78 is 25.0. The first-order chi connectivity index (χ1) is 24.4. The van der Waals surface area contributed by atoms with Gasteiger partial charge < -0.3 is 34.9 Å². The molecule has 0 bridgehead atoms. The first-order valence-corrected chi connectivity index (χ1v) is 20.8. The van der Waals surface area contributed by atoms with E-state index in [0.29, 0.717) is 0 Å². The maximum Gasteiger partial charge on any atom is 0.310 e. The zero-order valence-electron chi connectivity index (χ0n) is 33.9. The number of ether oxygens (including phenoxy) is 4. The highest BCUT2D eigenvalue weighted by atomic mass is 16.6. The van der Waals surface area contributed by atoms with Gasteiger partial charge in [-0.3, -0.25) is 19.2 Å². The molecule has 0 aromatic carbocycles. The van der Waals surface area contributed by atoms with Gasteiger partial charge in [-0.05, 0) is 74.1 Å². The number of esters is 4. The van der Waals surface area contributed by atoms with Crippen molar-refractivity contribution in [2.45, 2.75) is 161 Å². The summed E-state index contributed by atoms with van der Waals surface area (Å²) in [5.41, 5.74) is -3.15. The Morgan fingerprint density at radius 1 is 0.442 bits per heavy atom. The molecule has 11 nitrogen and oxygen atoms in total. The van der Waals surface area contributed by atoms with Crippen LogP contribution in [0.5, 0.6) is 0 Å². The van der Waals surface area contributed by atoms with E-state index in [2.05, 4.69) is 16.0 Å². The molecule has 298 valence electrons. The minimum Gasteiger partial charge on any atom is -0.459 e. The van der Waals surface area contributed by atoms with Crippen LogP contribution in [-0.2, 0) is 38.1 Å². The molecule has 2 unspecified atom stereocenters. The average molecular weight is 737 g/mol. The third kappa shape index (κ3) is 11.9. The van der Waals surface area contributed by atoms with Gasteiger partial charge in [-0.15, -0.1) is 0 Å². The smallest absolute Gasteiger partial charge is 0.310 e. The lowest BCUT2D eigenvalue weighted by Crippen LogP contribution is -2.86. The van der Waals surface area contributed by atoms with Crippen LogP contribution in [0, 0.1) is 35.5 Å². The molecule has 0 amide bonds. The fraction of sp³-hybridized carbons (Fsp3) is 0.902. The zero-order chi connectivity index (χ0) is 38.2. The van der Waals surface area contributed by atoms with Crippen molar-refractivity contribution in [3.05, 3.63) is 0 Å². The van der Waals surface area contributed by atoms with Crippen LogP contribution in [-0.4, -0.2) is 85.5 Å². The van der Waals surface area contributed by atoms with Crippen LogP contribution < -0.4 is 16.0 Å². The van der Waals surface area contributed by atoms with Gasteiger partial charge >= 0.3 is 23.9 Å². The molecule has 4 rings (SSSR count). The number of rotatable bonds is 15. The Morgan fingerprint density at radius 3 is 1.02 bits per heavy atom. The van der Waals surface area contributed by atoms with Crippen LogP contribution >= 0.6 is 0 Å². The number of hydrogen-bond acceptors (Lipinski definition) is 8. The van der Waals surface area contributed by atoms with Crippen LogP contribution in [0.15, 0.2) is 0 Å². The van der Waals surface area contributed by atoms with Crippen molar-refractivity contribution in [2.75, 3.05) is 39.3 Å². The van der Waals surface area contributed by atoms with Crippen LogP contribution in [0.3, 0.4) is 0 Å².